The molecule has 0 atom stereocenters. The number of hydrogen-bond acceptors (Lipinski definition) is 2. The first-order valence-electron chi connectivity index (χ1n) is 0.965. The largest absolute Gasteiger partial charge is 0.418 e. The zero-order valence-corrected chi connectivity index (χ0v) is 4.05. The van der Waals surface area contributed by atoms with E-state index in [1.807, 2.05) is 0 Å². The molecule has 0 aromatic heterocycles. The van der Waals surface area contributed by atoms with E-state index in [0.29, 0.717) is 0 Å². The molecular formula is C2H3ClOS. The Morgan fingerprint density at radius 1 is 2.00 bits per heavy atom. The van der Waals surface area contributed by atoms with Crippen LogP contribution in [0.1, 0.15) is 0 Å². The van der Waals surface area contributed by atoms with Crippen molar-refractivity contribution < 1.29 is 4.18 Å². The second-order valence-electron chi connectivity index (χ2n) is 0.326. The maximum absolute atomic E-state index is 4.92. The van der Waals surface area contributed by atoms with Gasteiger partial charge in [0.15, 0.2) is 11.3 Å². The van der Waals surface area contributed by atoms with Crippen LogP contribution in [0, 0.1) is 0 Å². The van der Waals surface area contributed by atoms with Gasteiger partial charge in [-0.05, 0) is 0 Å². The molecule has 30 valence electrons. The molecule has 0 spiro atoms. The van der Waals surface area contributed by atoms with Crippen molar-refractivity contribution in [3.05, 3.63) is 12.8 Å². The van der Waals surface area contributed by atoms with Crippen LogP contribution in [-0.2, 0) is 4.18 Å². The minimum absolute atomic E-state index is 0.756. The average molecular weight is 111 g/mol. The first-order chi connectivity index (χ1) is 2.41. The third-order valence-electron chi connectivity index (χ3n) is 0.104. The van der Waals surface area contributed by atoms with E-state index >= 15 is 0 Å². The topological polar surface area (TPSA) is 9.23 Å². The Bertz CT molecular complexity index is 30.8. The Morgan fingerprint density at radius 2 is 2.60 bits per heavy atom. The minimum atomic E-state index is 0.756. The van der Waals surface area contributed by atoms with Gasteiger partial charge >= 0.3 is 0 Å². The molecule has 1 nitrogen and oxygen atoms in total. The molecule has 0 N–H and O–H groups in total. The molecule has 0 fully saturated rings. The quantitative estimate of drug-likeness (QED) is 0.397. The summed E-state index contributed by atoms with van der Waals surface area (Å²) < 4.78 is 4.28. The molecule has 5 heavy (non-hydrogen) atoms. The van der Waals surface area contributed by atoms with Gasteiger partial charge in [0.2, 0.25) is 0 Å². The van der Waals surface area contributed by atoms with Gasteiger partial charge in [0, 0.05) is 10.7 Å². The van der Waals surface area contributed by atoms with Gasteiger partial charge in [-0.2, -0.15) is 0 Å². The van der Waals surface area contributed by atoms with Crippen molar-refractivity contribution in [1.29, 1.82) is 0 Å². The zero-order chi connectivity index (χ0) is 4.12. The van der Waals surface area contributed by atoms with Crippen LogP contribution >= 0.6 is 21.9 Å². The second-order valence-corrected chi connectivity index (χ2v) is 1.02. The second kappa shape index (κ2) is 4.18. The lowest BCUT2D eigenvalue weighted by Crippen LogP contribution is -1.45. The van der Waals surface area contributed by atoms with Gasteiger partial charge < -0.3 is 4.18 Å². The van der Waals surface area contributed by atoms with Gasteiger partial charge in [0.1, 0.15) is 0 Å². The Labute approximate surface area is 39.7 Å². The van der Waals surface area contributed by atoms with Gasteiger partial charge in [0.05, 0.1) is 6.26 Å². The summed E-state index contributed by atoms with van der Waals surface area (Å²) >= 11 is 0.756. The first kappa shape index (κ1) is 5.18. The van der Waals surface area contributed by atoms with E-state index in [1.165, 1.54) is 6.26 Å². The Morgan fingerprint density at radius 3 is 2.60 bits per heavy atom. The molecule has 0 bridgehead atoms. The Kier molecular flexibility index (Phi) is 4.33. The average Bonchev–Trinajstić information content (AvgIpc) is 1.41. The van der Waals surface area contributed by atoms with Gasteiger partial charge in [0.25, 0.3) is 0 Å². The third kappa shape index (κ3) is 4.18. The van der Waals surface area contributed by atoms with Crippen molar-refractivity contribution in [2.45, 2.75) is 0 Å². The summed E-state index contributed by atoms with van der Waals surface area (Å²) in [7, 11) is 4.92. The molecule has 0 radical (unpaired) electrons. The predicted molar refractivity (Wildman–Crippen MR) is 24.7 cm³/mol. The van der Waals surface area contributed by atoms with E-state index < -0.39 is 0 Å². The van der Waals surface area contributed by atoms with E-state index in [4.69, 9.17) is 10.7 Å². The number of rotatable bonds is 2. The SMILES string of the molecule is C=COSCl. The zero-order valence-electron chi connectivity index (χ0n) is 2.48. The fourth-order valence-corrected chi connectivity index (χ4v) is 0.231. The highest BCUT2D eigenvalue weighted by Gasteiger charge is 1.61. The monoisotopic (exact) mass is 110 g/mol. The summed E-state index contributed by atoms with van der Waals surface area (Å²) in [5.74, 6) is 0. The molecule has 0 aliphatic carbocycles. The third-order valence-corrected chi connectivity index (χ3v) is 0.531. The van der Waals surface area contributed by atoms with Crippen LogP contribution < -0.4 is 0 Å². The van der Waals surface area contributed by atoms with Crippen molar-refractivity contribution in [3.63, 3.8) is 0 Å². The molecular weight excluding hydrogens is 108 g/mol. The summed E-state index contributed by atoms with van der Waals surface area (Å²) in [4.78, 5) is 0. The van der Waals surface area contributed by atoms with E-state index in [2.05, 4.69) is 10.8 Å². The molecule has 0 amide bonds. The maximum Gasteiger partial charge on any atom is 0.165 e. The van der Waals surface area contributed by atoms with Crippen molar-refractivity contribution >= 4 is 21.9 Å². The summed E-state index contributed by atoms with van der Waals surface area (Å²) in [6.07, 6.45) is 1.26. The number of halogens is 1. The maximum atomic E-state index is 4.92. The summed E-state index contributed by atoms with van der Waals surface area (Å²) in [6.45, 7) is 3.22. The summed E-state index contributed by atoms with van der Waals surface area (Å²) in [5, 5.41) is 0. The molecule has 0 heterocycles. The van der Waals surface area contributed by atoms with Crippen LogP contribution in [0.2, 0.25) is 0 Å². The van der Waals surface area contributed by atoms with E-state index in [-0.39, 0.29) is 0 Å². The predicted octanol–water partition coefficient (Wildman–Crippen LogP) is 1.95. The molecule has 0 aliphatic rings. The van der Waals surface area contributed by atoms with Gasteiger partial charge in [-0.15, -0.1) is 0 Å². The molecule has 0 aliphatic heterocycles. The molecule has 0 unspecified atom stereocenters. The Hall–Kier alpha value is 0.180. The lowest BCUT2D eigenvalue weighted by atomic mass is 11.2. The van der Waals surface area contributed by atoms with E-state index in [1.54, 1.807) is 0 Å². The van der Waals surface area contributed by atoms with E-state index in [0.717, 1.165) is 11.3 Å². The summed E-state index contributed by atoms with van der Waals surface area (Å²) in [5.41, 5.74) is 0. The standard InChI is InChI=1S/C2H3ClOS/c1-2-4-5-3/h2H,1H2. The number of hydrogen-bond donors (Lipinski definition) is 0. The van der Waals surface area contributed by atoms with Crippen LogP contribution in [0.15, 0.2) is 12.8 Å². The van der Waals surface area contributed by atoms with Crippen LogP contribution in [0.5, 0.6) is 0 Å². The van der Waals surface area contributed by atoms with Crippen molar-refractivity contribution in [2.24, 2.45) is 0 Å². The van der Waals surface area contributed by atoms with Crippen molar-refractivity contribution in [1.82, 2.24) is 0 Å². The molecule has 0 aromatic rings. The lowest BCUT2D eigenvalue weighted by molar-refractivity contribution is 0.577. The van der Waals surface area contributed by atoms with Crippen LogP contribution in [0.3, 0.4) is 0 Å². The van der Waals surface area contributed by atoms with Crippen LogP contribution in [0.4, 0.5) is 0 Å². The van der Waals surface area contributed by atoms with Gasteiger partial charge in [-0.25, -0.2) is 0 Å². The van der Waals surface area contributed by atoms with Crippen molar-refractivity contribution in [2.75, 3.05) is 0 Å². The van der Waals surface area contributed by atoms with Crippen LogP contribution in [0.25, 0.3) is 0 Å². The normalized spacial score (nSPS) is 6.60. The minimum Gasteiger partial charge on any atom is -0.418 e. The Balaban J connectivity index is 2.40. The molecule has 0 aromatic carbocycles. The molecule has 3 heteroatoms. The smallest absolute Gasteiger partial charge is 0.165 e. The highest BCUT2D eigenvalue weighted by atomic mass is 35.7. The molecule has 0 rings (SSSR count). The highest BCUT2D eigenvalue weighted by molar-refractivity contribution is 8.17. The molecule has 0 saturated carbocycles. The van der Waals surface area contributed by atoms with Crippen LogP contribution in [-0.4, -0.2) is 0 Å². The lowest BCUT2D eigenvalue weighted by Gasteiger charge is -1.78. The van der Waals surface area contributed by atoms with Gasteiger partial charge in [-0.3, -0.25) is 0 Å². The fourth-order valence-electron chi connectivity index (χ4n) is 0.0257. The molecule has 0 saturated heterocycles. The van der Waals surface area contributed by atoms with E-state index in [9.17, 15) is 0 Å². The van der Waals surface area contributed by atoms with Gasteiger partial charge in [-0.1, -0.05) is 6.58 Å². The summed E-state index contributed by atoms with van der Waals surface area (Å²) in [6, 6.07) is 0. The highest BCUT2D eigenvalue weighted by Crippen LogP contribution is 2.05. The van der Waals surface area contributed by atoms with Crippen molar-refractivity contribution in [3.8, 4) is 0 Å². The first-order valence-corrected chi connectivity index (χ1v) is 2.53. The fraction of sp³-hybridized carbons (Fsp3) is 0.